The van der Waals surface area contributed by atoms with Gasteiger partial charge < -0.3 is 0 Å². The summed E-state index contributed by atoms with van der Waals surface area (Å²) in [6.07, 6.45) is 0. The van der Waals surface area contributed by atoms with Gasteiger partial charge in [0.1, 0.15) is 0 Å². The normalized spacial score (nSPS) is 11.8. The molecule has 0 aliphatic carbocycles. The van der Waals surface area contributed by atoms with Crippen LogP contribution in [-0.4, -0.2) is 0 Å². The zero-order chi connectivity index (χ0) is 34.2. The van der Waals surface area contributed by atoms with Gasteiger partial charge in [-0.3, -0.25) is 0 Å². The van der Waals surface area contributed by atoms with Crippen molar-refractivity contribution in [3.63, 3.8) is 0 Å². The summed E-state index contributed by atoms with van der Waals surface area (Å²) >= 11 is 0. The lowest BCUT2D eigenvalue weighted by atomic mass is 9.83. The van der Waals surface area contributed by atoms with Crippen molar-refractivity contribution in [2.24, 2.45) is 0 Å². The Labute approximate surface area is 301 Å². The third-order valence-corrected chi connectivity index (χ3v) is 11.2. The molecule has 11 aromatic carbocycles. The summed E-state index contributed by atoms with van der Waals surface area (Å²) in [7, 11) is 0. The van der Waals surface area contributed by atoms with Crippen molar-refractivity contribution >= 4 is 75.4 Å². The Balaban J connectivity index is 1.24. The Hall–Kier alpha value is -6.76. The summed E-state index contributed by atoms with van der Waals surface area (Å²) in [5.41, 5.74) is 7.48. The molecule has 0 heterocycles. The van der Waals surface area contributed by atoms with E-state index in [9.17, 15) is 0 Å². The molecule has 11 aromatic rings. The fourth-order valence-corrected chi connectivity index (χ4v) is 8.85. The largest absolute Gasteiger partial charge is 0.0616 e. The van der Waals surface area contributed by atoms with Crippen LogP contribution in [-0.2, 0) is 0 Å². The number of fused-ring (bicyclic) bond motifs is 11. The second kappa shape index (κ2) is 11.4. The van der Waals surface area contributed by atoms with E-state index in [2.05, 4.69) is 194 Å². The van der Waals surface area contributed by atoms with Crippen LogP contribution < -0.4 is 0 Å². The molecule has 240 valence electrons. The van der Waals surface area contributed by atoms with Crippen molar-refractivity contribution in [3.05, 3.63) is 194 Å². The summed E-state index contributed by atoms with van der Waals surface area (Å²) < 4.78 is 0. The number of rotatable bonds is 3. The summed E-state index contributed by atoms with van der Waals surface area (Å²) in [5, 5.41) is 17.9. The van der Waals surface area contributed by atoms with Gasteiger partial charge in [0.25, 0.3) is 0 Å². The first-order chi connectivity index (χ1) is 25.8. The molecule has 0 N–H and O–H groups in total. The van der Waals surface area contributed by atoms with E-state index < -0.39 is 0 Å². The molecular formula is C52H32. The fourth-order valence-electron chi connectivity index (χ4n) is 8.85. The summed E-state index contributed by atoms with van der Waals surface area (Å²) in [6.45, 7) is 0. The van der Waals surface area contributed by atoms with Crippen LogP contribution in [0.4, 0.5) is 0 Å². The van der Waals surface area contributed by atoms with Crippen LogP contribution >= 0.6 is 0 Å². The monoisotopic (exact) mass is 656 g/mol. The zero-order valence-corrected chi connectivity index (χ0v) is 28.5. The molecule has 0 bridgehead atoms. The lowest BCUT2D eigenvalue weighted by Gasteiger charge is -2.20. The van der Waals surface area contributed by atoms with Crippen molar-refractivity contribution < 1.29 is 0 Å². The lowest BCUT2D eigenvalue weighted by Crippen LogP contribution is -1.93. The highest BCUT2D eigenvalue weighted by molar-refractivity contribution is 6.30. The first-order valence-corrected chi connectivity index (χ1v) is 18.1. The minimum Gasteiger partial charge on any atom is -0.0616 e. The number of hydrogen-bond acceptors (Lipinski definition) is 0. The van der Waals surface area contributed by atoms with E-state index in [1.807, 2.05) is 0 Å². The Kier molecular flexibility index (Phi) is 6.35. The van der Waals surface area contributed by atoms with Crippen LogP contribution in [0.25, 0.3) is 109 Å². The van der Waals surface area contributed by atoms with Gasteiger partial charge in [0.05, 0.1) is 0 Å². The molecule has 0 saturated carbocycles. The van der Waals surface area contributed by atoms with Crippen molar-refractivity contribution in [2.75, 3.05) is 0 Å². The second-order valence-corrected chi connectivity index (χ2v) is 14.0. The Morgan fingerprint density at radius 3 is 1.38 bits per heavy atom. The molecule has 11 rings (SSSR count). The Morgan fingerprint density at radius 2 is 0.654 bits per heavy atom. The highest BCUT2D eigenvalue weighted by Crippen LogP contribution is 2.48. The standard InChI is InChI=1S/C52H32/c1-2-14-35-30-37(25-24-33(35)12-1)36-15-11-16-38(31-36)51-47-23-10-9-22-46(47)50(48-29-26-34-13-3-4-17-40(34)52(48)51)39-27-28-45-43-20-6-5-18-41(43)42-19-7-8-21-44(42)49(45)32-39/h1-32H. The summed E-state index contributed by atoms with van der Waals surface area (Å²) in [6, 6.07) is 72.0. The van der Waals surface area contributed by atoms with Gasteiger partial charge >= 0.3 is 0 Å². The maximum Gasteiger partial charge on any atom is -0.00141 e. The molecule has 0 aliphatic rings. The van der Waals surface area contributed by atoms with Gasteiger partial charge in [0.15, 0.2) is 0 Å². The van der Waals surface area contributed by atoms with Gasteiger partial charge in [-0.1, -0.05) is 176 Å². The molecule has 52 heavy (non-hydrogen) atoms. The highest BCUT2D eigenvalue weighted by Gasteiger charge is 2.20. The van der Waals surface area contributed by atoms with Crippen molar-refractivity contribution in [2.45, 2.75) is 0 Å². The van der Waals surface area contributed by atoms with Crippen molar-refractivity contribution in [3.8, 4) is 33.4 Å². The minimum absolute atomic E-state index is 1.22. The van der Waals surface area contributed by atoms with E-state index in [0.717, 1.165) is 0 Å². The average molecular weight is 657 g/mol. The van der Waals surface area contributed by atoms with E-state index in [4.69, 9.17) is 0 Å². The van der Waals surface area contributed by atoms with Crippen molar-refractivity contribution in [1.29, 1.82) is 0 Å². The zero-order valence-electron chi connectivity index (χ0n) is 28.5. The topological polar surface area (TPSA) is 0 Å². The highest BCUT2D eigenvalue weighted by atomic mass is 14.2. The van der Waals surface area contributed by atoms with E-state index in [1.54, 1.807) is 0 Å². The minimum atomic E-state index is 1.22. The molecule has 0 heteroatoms. The van der Waals surface area contributed by atoms with Gasteiger partial charge in [0.2, 0.25) is 0 Å². The van der Waals surface area contributed by atoms with Gasteiger partial charge in [-0.2, -0.15) is 0 Å². The molecule has 0 fully saturated rings. The van der Waals surface area contributed by atoms with Crippen molar-refractivity contribution in [1.82, 2.24) is 0 Å². The smallest absolute Gasteiger partial charge is 0.00141 e. The molecule has 0 unspecified atom stereocenters. The maximum atomic E-state index is 2.44. The van der Waals surface area contributed by atoms with Crippen LogP contribution in [0.15, 0.2) is 194 Å². The van der Waals surface area contributed by atoms with Gasteiger partial charge in [0, 0.05) is 0 Å². The predicted molar refractivity (Wildman–Crippen MR) is 225 cm³/mol. The molecular weight excluding hydrogens is 625 g/mol. The SMILES string of the molecule is c1cc(-c2ccc3ccccc3c2)cc(-c2c3ccccc3c(-c3ccc4c5ccccc5c5ccccc5c4c3)c3ccc4ccccc4c23)c1. The molecule has 0 saturated heterocycles. The molecule has 0 aromatic heterocycles. The molecule has 0 amide bonds. The summed E-state index contributed by atoms with van der Waals surface area (Å²) in [5.74, 6) is 0. The van der Waals surface area contributed by atoms with Gasteiger partial charge in [-0.15, -0.1) is 0 Å². The summed E-state index contributed by atoms with van der Waals surface area (Å²) in [4.78, 5) is 0. The lowest BCUT2D eigenvalue weighted by molar-refractivity contribution is 1.63. The predicted octanol–water partition coefficient (Wildman–Crippen LogP) is 14.8. The van der Waals surface area contributed by atoms with Crippen LogP contribution in [0.1, 0.15) is 0 Å². The van der Waals surface area contributed by atoms with E-state index in [-0.39, 0.29) is 0 Å². The molecule has 0 aliphatic heterocycles. The molecule has 0 nitrogen and oxygen atoms in total. The van der Waals surface area contributed by atoms with Gasteiger partial charge in [-0.25, -0.2) is 0 Å². The fraction of sp³-hybridized carbons (Fsp3) is 0. The molecule has 0 radical (unpaired) electrons. The van der Waals surface area contributed by atoms with E-state index in [1.165, 1.54) is 109 Å². The van der Waals surface area contributed by atoms with Crippen LogP contribution in [0.2, 0.25) is 0 Å². The van der Waals surface area contributed by atoms with Crippen LogP contribution in [0.5, 0.6) is 0 Å². The van der Waals surface area contributed by atoms with E-state index >= 15 is 0 Å². The third kappa shape index (κ3) is 4.35. The Morgan fingerprint density at radius 1 is 0.192 bits per heavy atom. The molecule has 0 spiro atoms. The average Bonchev–Trinajstić information content (AvgIpc) is 3.22. The van der Waals surface area contributed by atoms with E-state index in [0.29, 0.717) is 0 Å². The number of benzene rings is 11. The number of hydrogen-bond donors (Lipinski definition) is 0. The third-order valence-electron chi connectivity index (χ3n) is 11.2. The van der Waals surface area contributed by atoms with Gasteiger partial charge in [-0.05, 0) is 127 Å². The molecule has 0 atom stereocenters. The van der Waals surface area contributed by atoms with Crippen LogP contribution in [0, 0.1) is 0 Å². The maximum absolute atomic E-state index is 2.44. The first kappa shape index (κ1) is 29.0. The van der Waals surface area contributed by atoms with Crippen LogP contribution in [0.3, 0.4) is 0 Å². The quantitative estimate of drug-likeness (QED) is 0.131. The first-order valence-electron chi connectivity index (χ1n) is 18.1. The Bertz CT molecular complexity index is 3200. The second-order valence-electron chi connectivity index (χ2n) is 14.0.